The van der Waals surface area contributed by atoms with E-state index in [0.29, 0.717) is 11.0 Å². The van der Waals surface area contributed by atoms with Crippen molar-refractivity contribution in [2.75, 3.05) is 0 Å². The number of hydrogen-bond donors (Lipinski definition) is 2. The van der Waals surface area contributed by atoms with Gasteiger partial charge in [0.25, 0.3) is 0 Å². The molecule has 1 radical (unpaired) electrons. The van der Waals surface area contributed by atoms with Crippen molar-refractivity contribution in [1.29, 1.82) is 0 Å². The topological polar surface area (TPSA) is 74.7 Å². The Balaban J connectivity index is 2.95. The van der Waals surface area contributed by atoms with Crippen LogP contribution < -0.4 is 0 Å². The second kappa shape index (κ2) is 1.66. The summed E-state index contributed by atoms with van der Waals surface area (Å²) in [4.78, 5) is 7.29. The molecule has 0 unspecified atom stereocenters. The van der Waals surface area contributed by atoms with Crippen molar-refractivity contribution in [2.45, 2.75) is 0 Å². The van der Waals surface area contributed by atoms with E-state index in [2.05, 4.69) is 26.4 Å². The van der Waals surface area contributed by atoms with E-state index in [1.54, 1.807) is 0 Å². The van der Waals surface area contributed by atoms with Crippen LogP contribution in [-0.4, -0.2) is 25.3 Å². The SMILES string of the molecule is Oc1ncnc2n[nH][c]c12. The van der Waals surface area contributed by atoms with Crippen molar-refractivity contribution in [3.05, 3.63) is 12.5 Å². The van der Waals surface area contributed by atoms with Crippen molar-refractivity contribution in [3.63, 3.8) is 0 Å². The first kappa shape index (κ1) is 5.16. The third-order valence-electron chi connectivity index (χ3n) is 1.15. The molecule has 5 nitrogen and oxygen atoms in total. The second-order valence-corrected chi connectivity index (χ2v) is 1.74. The first-order chi connectivity index (χ1) is 4.88. The lowest BCUT2D eigenvalue weighted by Gasteiger charge is -1.86. The molecule has 0 fully saturated rings. The van der Waals surface area contributed by atoms with Crippen LogP contribution in [0.25, 0.3) is 11.0 Å². The lowest BCUT2D eigenvalue weighted by atomic mass is 10.4. The number of rotatable bonds is 0. The minimum Gasteiger partial charge on any atom is -0.493 e. The second-order valence-electron chi connectivity index (χ2n) is 1.74. The summed E-state index contributed by atoms with van der Waals surface area (Å²) in [6.45, 7) is 0. The quantitative estimate of drug-likeness (QED) is 0.527. The molecule has 49 valence electrons. The Bertz CT molecular complexity index is 355. The molecule has 2 rings (SSSR count). The zero-order valence-corrected chi connectivity index (χ0v) is 4.87. The van der Waals surface area contributed by atoms with Gasteiger partial charge in [0.2, 0.25) is 5.88 Å². The third kappa shape index (κ3) is 0.540. The first-order valence-corrected chi connectivity index (χ1v) is 2.63. The van der Waals surface area contributed by atoms with Gasteiger partial charge in [-0.05, 0) is 0 Å². The molecule has 10 heavy (non-hydrogen) atoms. The minimum absolute atomic E-state index is 0.0984. The highest BCUT2D eigenvalue weighted by atomic mass is 16.3. The highest BCUT2D eigenvalue weighted by Crippen LogP contribution is 2.14. The molecule has 2 N–H and O–H groups in total. The Labute approximate surface area is 55.7 Å². The van der Waals surface area contributed by atoms with Gasteiger partial charge in [-0.3, -0.25) is 5.10 Å². The van der Waals surface area contributed by atoms with Crippen LogP contribution in [-0.2, 0) is 0 Å². The Morgan fingerprint density at radius 3 is 3.20 bits per heavy atom. The molecule has 0 aliphatic heterocycles. The van der Waals surface area contributed by atoms with Gasteiger partial charge < -0.3 is 5.11 Å². The van der Waals surface area contributed by atoms with Crippen molar-refractivity contribution < 1.29 is 5.11 Å². The van der Waals surface area contributed by atoms with Crippen molar-refractivity contribution in [3.8, 4) is 5.88 Å². The summed E-state index contributed by atoms with van der Waals surface area (Å²) in [5.41, 5.74) is 0.424. The normalized spacial score (nSPS) is 10.4. The Morgan fingerprint density at radius 1 is 1.50 bits per heavy atom. The molecule has 0 aromatic carbocycles. The number of aromatic amines is 1. The molecule has 0 amide bonds. The molecule has 5 heteroatoms. The van der Waals surface area contributed by atoms with E-state index in [4.69, 9.17) is 5.11 Å². The third-order valence-corrected chi connectivity index (χ3v) is 1.15. The van der Waals surface area contributed by atoms with Gasteiger partial charge in [0, 0.05) is 0 Å². The molecule has 2 aromatic heterocycles. The number of H-pyrrole nitrogens is 1. The summed E-state index contributed by atoms with van der Waals surface area (Å²) >= 11 is 0. The van der Waals surface area contributed by atoms with Gasteiger partial charge in [-0.2, -0.15) is 5.10 Å². The van der Waals surface area contributed by atoms with E-state index in [0.717, 1.165) is 0 Å². The van der Waals surface area contributed by atoms with Crippen molar-refractivity contribution >= 4 is 11.0 Å². The van der Waals surface area contributed by atoms with E-state index in [9.17, 15) is 0 Å². The molecule has 0 bridgehead atoms. The Hall–Kier alpha value is -1.65. The molecule has 0 saturated carbocycles. The Kier molecular flexibility index (Phi) is 0.858. The molecule has 0 spiro atoms. The van der Waals surface area contributed by atoms with Crippen LogP contribution in [0.1, 0.15) is 0 Å². The van der Waals surface area contributed by atoms with E-state index >= 15 is 0 Å². The number of aromatic nitrogens is 4. The van der Waals surface area contributed by atoms with Gasteiger partial charge in [-0.25, -0.2) is 9.97 Å². The summed E-state index contributed by atoms with van der Waals surface area (Å²) in [6.07, 6.45) is 3.82. The monoisotopic (exact) mass is 135 g/mol. The fraction of sp³-hybridized carbons (Fsp3) is 0. The van der Waals surface area contributed by atoms with Gasteiger partial charge in [-0.15, -0.1) is 0 Å². The van der Waals surface area contributed by atoms with Crippen molar-refractivity contribution in [2.24, 2.45) is 0 Å². The summed E-state index contributed by atoms with van der Waals surface area (Å²) in [7, 11) is 0. The molecule has 0 saturated heterocycles. The zero-order valence-electron chi connectivity index (χ0n) is 4.87. The number of hydrogen-bond acceptors (Lipinski definition) is 4. The van der Waals surface area contributed by atoms with Crippen LogP contribution in [0.5, 0.6) is 5.88 Å². The predicted octanol–water partition coefficient (Wildman–Crippen LogP) is -0.141. The number of aromatic hydroxyl groups is 1. The van der Waals surface area contributed by atoms with Gasteiger partial charge in [0.05, 0.1) is 6.20 Å². The van der Waals surface area contributed by atoms with Crippen LogP contribution in [0.3, 0.4) is 0 Å². The number of fused-ring (bicyclic) bond motifs is 1. The smallest absolute Gasteiger partial charge is 0.225 e. The standard InChI is InChI=1S/C5H3N4O/c10-5-3-1-8-9-4(3)6-2-7-5/h2H,(H2,6,7,8,9,10). The van der Waals surface area contributed by atoms with Gasteiger partial charge in [0.15, 0.2) is 5.65 Å². The highest BCUT2D eigenvalue weighted by molar-refractivity contribution is 5.77. The summed E-state index contributed by atoms with van der Waals surface area (Å²) in [5, 5.41) is 15.6. The van der Waals surface area contributed by atoms with Crippen LogP contribution in [0.4, 0.5) is 0 Å². The highest BCUT2D eigenvalue weighted by Gasteiger charge is 2.01. The van der Waals surface area contributed by atoms with Crippen molar-refractivity contribution in [1.82, 2.24) is 20.2 Å². The maximum absolute atomic E-state index is 9.02. The molecule has 0 atom stereocenters. The van der Waals surface area contributed by atoms with E-state index in [-0.39, 0.29) is 5.88 Å². The van der Waals surface area contributed by atoms with Crippen LogP contribution in [0.2, 0.25) is 0 Å². The van der Waals surface area contributed by atoms with Crippen LogP contribution >= 0.6 is 0 Å². The van der Waals surface area contributed by atoms with E-state index < -0.39 is 0 Å². The molecule has 2 aromatic rings. The van der Waals surface area contributed by atoms with Gasteiger partial charge >= 0.3 is 0 Å². The summed E-state index contributed by atoms with van der Waals surface area (Å²) in [6, 6.07) is 0. The number of nitrogens with one attached hydrogen (secondary N) is 1. The molecular formula is C5H3N4O. The number of nitrogens with zero attached hydrogens (tertiary/aromatic N) is 3. The fourth-order valence-electron chi connectivity index (χ4n) is 0.701. The first-order valence-electron chi connectivity index (χ1n) is 2.63. The van der Waals surface area contributed by atoms with Crippen LogP contribution in [0, 0.1) is 6.20 Å². The maximum atomic E-state index is 9.02. The average Bonchev–Trinajstić information content (AvgIpc) is 2.36. The zero-order chi connectivity index (χ0) is 6.97. The maximum Gasteiger partial charge on any atom is 0.225 e. The minimum atomic E-state index is -0.0984. The lowest BCUT2D eigenvalue weighted by molar-refractivity contribution is 0.459. The molecule has 2 heterocycles. The van der Waals surface area contributed by atoms with E-state index in [1.807, 2.05) is 0 Å². The predicted molar refractivity (Wildman–Crippen MR) is 32.2 cm³/mol. The Morgan fingerprint density at radius 2 is 2.40 bits per heavy atom. The van der Waals surface area contributed by atoms with E-state index in [1.165, 1.54) is 6.33 Å². The summed E-state index contributed by atoms with van der Waals surface area (Å²) in [5.74, 6) is -0.0984. The van der Waals surface area contributed by atoms with Gasteiger partial charge in [0.1, 0.15) is 11.7 Å². The average molecular weight is 135 g/mol. The fourth-order valence-corrected chi connectivity index (χ4v) is 0.701. The van der Waals surface area contributed by atoms with Crippen LogP contribution in [0.15, 0.2) is 6.33 Å². The van der Waals surface area contributed by atoms with Gasteiger partial charge in [-0.1, -0.05) is 0 Å². The largest absolute Gasteiger partial charge is 0.493 e. The molecule has 0 aliphatic rings. The summed E-state index contributed by atoms with van der Waals surface area (Å²) < 4.78 is 0. The molecule has 0 aliphatic carbocycles. The lowest BCUT2D eigenvalue weighted by Crippen LogP contribution is -1.79. The molecular weight excluding hydrogens is 132 g/mol.